The van der Waals surface area contributed by atoms with Crippen LogP contribution in [0.2, 0.25) is 0 Å². The van der Waals surface area contributed by atoms with Crippen LogP contribution >= 0.6 is 27.7 Å². The highest BCUT2D eigenvalue weighted by atomic mass is 79.9. The first-order valence-corrected chi connectivity index (χ1v) is 7.17. The summed E-state index contributed by atoms with van der Waals surface area (Å²) in [6.07, 6.45) is 1.69. The van der Waals surface area contributed by atoms with Crippen molar-refractivity contribution < 1.29 is 5.11 Å². The molecule has 1 N–H and O–H groups in total. The number of aliphatic hydroxyl groups is 1. The van der Waals surface area contributed by atoms with Crippen molar-refractivity contribution in [3.8, 4) is 0 Å². The molecule has 84 valence electrons. The fourth-order valence-electron chi connectivity index (χ4n) is 1.36. The van der Waals surface area contributed by atoms with E-state index in [-0.39, 0.29) is 6.10 Å². The molecular formula is C12H17BrOS. The third-order valence-electron chi connectivity index (χ3n) is 2.02. The number of rotatable bonds is 6. The van der Waals surface area contributed by atoms with E-state index in [2.05, 4.69) is 35.0 Å². The molecule has 0 aliphatic carbocycles. The second-order valence-electron chi connectivity index (χ2n) is 3.56. The first-order valence-electron chi connectivity index (χ1n) is 5.22. The Morgan fingerprint density at radius 1 is 1.47 bits per heavy atom. The normalized spacial score (nSPS) is 12.7. The van der Waals surface area contributed by atoms with Crippen molar-refractivity contribution >= 4 is 27.7 Å². The molecule has 1 atom stereocenters. The van der Waals surface area contributed by atoms with Crippen LogP contribution in [0, 0.1) is 0 Å². The van der Waals surface area contributed by atoms with Gasteiger partial charge in [0, 0.05) is 10.2 Å². The van der Waals surface area contributed by atoms with Gasteiger partial charge >= 0.3 is 0 Å². The summed E-state index contributed by atoms with van der Waals surface area (Å²) in [5.41, 5.74) is 1.19. The van der Waals surface area contributed by atoms with E-state index in [9.17, 15) is 5.11 Å². The Kier molecular flexibility index (Phi) is 6.37. The number of benzene rings is 1. The lowest BCUT2D eigenvalue weighted by atomic mass is 10.1. The van der Waals surface area contributed by atoms with Crippen LogP contribution in [0.1, 0.15) is 18.9 Å². The molecule has 1 aromatic rings. The summed E-state index contributed by atoms with van der Waals surface area (Å²) in [7, 11) is 0. The van der Waals surface area contributed by atoms with Crippen molar-refractivity contribution in [2.24, 2.45) is 0 Å². The summed E-state index contributed by atoms with van der Waals surface area (Å²) < 4.78 is 1.08. The maximum atomic E-state index is 9.78. The molecule has 1 aromatic carbocycles. The Balaban J connectivity index is 2.34. The summed E-state index contributed by atoms with van der Waals surface area (Å²) in [6.45, 7) is 2.16. The third-order valence-corrected chi connectivity index (χ3v) is 3.83. The van der Waals surface area contributed by atoms with Gasteiger partial charge in [-0.3, -0.25) is 0 Å². The second-order valence-corrected chi connectivity index (χ2v) is 5.63. The first kappa shape index (κ1) is 13.1. The average Bonchev–Trinajstić information content (AvgIpc) is 2.18. The predicted molar refractivity (Wildman–Crippen MR) is 71.5 cm³/mol. The monoisotopic (exact) mass is 288 g/mol. The van der Waals surface area contributed by atoms with Gasteiger partial charge in [0.05, 0.1) is 6.10 Å². The number of aliphatic hydroxyl groups excluding tert-OH is 1. The second kappa shape index (κ2) is 7.31. The quantitative estimate of drug-likeness (QED) is 0.809. The molecule has 0 fully saturated rings. The molecule has 0 radical (unpaired) electrons. The lowest BCUT2D eigenvalue weighted by Gasteiger charge is -2.10. The van der Waals surface area contributed by atoms with Gasteiger partial charge in [0.1, 0.15) is 0 Å². The molecule has 0 aliphatic heterocycles. The fourth-order valence-corrected chi connectivity index (χ4v) is 2.65. The third kappa shape index (κ3) is 5.59. The molecule has 1 nitrogen and oxygen atoms in total. The molecule has 1 rings (SSSR count). The van der Waals surface area contributed by atoms with E-state index in [1.54, 1.807) is 0 Å². The average molecular weight is 289 g/mol. The van der Waals surface area contributed by atoms with Gasteiger partial charge in [-0.25, -0.2) is 0 Å². The first-order chi connectivity index (χ1) is 7.22. The smallest absolute Gasteiger partial charge is 0.0670 e. The summed E-state index contributed by atoms with van der Waals surface area (Å²) in [4.78, 5) is 0. The lowest BCUT2D eigenvalue weighted by molar-refractivity contribution is 0.200. The van der Waals surface area contributed by atoms with Crippen molar-refractivity contribution in [1.29, 1.82) is 0 Å². The maximum absolute atomic E-state index is 9.78. The van der Waals surface area contributed by atoms with E-state index in [1.807, 2.05) is 23.9 Å². The number of halogens is 1. The van der Waals surface area contributed by atoms with Gasteiger partial charge in [0.15, 0.2) is 0 Å². The zero-order valence-corrected chi connectivity index (χ0v) is 11.4. The Hall–Kier alpha value is 0.01000. The standard InChI is InChI=1S/C12H17BrOS/c1-2-6-15-9-12(14)8-10-4-3-5-11(13)7-10/h3-5,7,12,14H,2,6,8-9H2,1H3. The van der Waals surface area contributed by atoms with Crippen LogP contribution in [0.5, 0.6) is 0 Å². The molecule has 0 saturated carbocycles. The maximum Gasteiger partial charge on any atom is 0.0670 e. The summed E-state index contributed by atoms with van der Waals surface area (Å²) in [5, 5.41) is 9.78. The summed E-state index contributed by atoms with van der Waals surface area (Å²) >= 11 is 5.25. The summed E-state index contributed by atoms with van der Waals surface area (Å²) in [5.74, 6) is 1.97. The lowest BCUT2D eigenvalue weighted by Crippen LogP contribution is -2.13. The zero-order chi connectivity index (χ0) is 11.1. The van der Waals surface area contributed by atoms with Crippen LogP contribution in [0.15, 0.2) is 28.7 Å². The van der Waals surface area contributed by atoms with Gasteiger partial charge in [-0.2, -0.15) is 11.8 Å². The Morgan fingerprint density at radius 3 is 2.93 bits per heavy atom. The van der Waals surface area contributed by atoms with Crippen molar-refractivity contribution in [1.82, 2.24) is 0 Å². The van der Waals surface area contributed by atoms with Crippen molar-refractivity contribution in [2.45, 2.75) is 25.9 Å². The largest absolute Gasteiger partial charge is 0.392 e. The highest BCUT2D eigenvalue weighted by Crippen LogP contribution is 2.14. The Bertz CT molecular complexity index is 291. The molecule has 0 aromatic heterocycles. The molecule has 1 unspecified atom stereocenters. The van der Waals surface area contributed by atoms with Gasteiger partial charge in [0.25, 0.3) is 0 Å². The molecule has 0 aliphatic rings. The highest BCUT2D eigenvalue weighted by molar-refractivity contribution is 9.10. The summed E-state index contributed by atoms with van der Waals surface area (Å²) in [6, 6.07) is 8.12. The number of hydrogen-bond donors (Lipinski definition) is 1. The highest BCUT2D eigenvalue weighted by Gasteiger charge is 2.05. The molecule has 15 heavy (non-hydrogen) atoms. The van der Waals surface area contributed by atoms with Crippen molar-refractivity contribution in [3.63, 3.8) is 0 Å². The topological polar surface area (TPSA) is 20.2 Å². The van der Waals surface area contributed by atoms with Crippen LogP contribution in [0.25, 0.3) is 0 Å². The minimum atomic E-state index is -0.226. The molecule has 0 amide bonds. The van der Waals surface area contributed by atoms with Gasteiger partial charge in [-0.05, 0) is 36.3 Å². The van der Waals surface area contributed by atoms with E-state index in [0.29, 0.717) is 0 Å². The molecule has 0 heterocycles. The molecule has 0 bridgehead atoms. The van der Waals surface area contributed by atoms with E-state index in [4.69, 9.17) is 0 Å². The van der Waals surface area contributed by atoms with E-state index < -0.39 is 0 Å². The fraction of sp³-hybridized carbons (Fsp3) is 0.500. The van der Waals surface area contributed by atoms with Gasteiger partial charge in [-0.1, -0.05) is 35.0 Å². The zero-order valence-electron chi connectivity index (χ0n) is 8.95. The minimum Gasteiger partial charge on any atom is -0.392 e. The number of thioether (sulfide) groups is 1. The Morgan fingerprint density at radius 2 is 2.27 bits per heavy atom. The molecular weight excluding hydrogens is 272 g/mol. The van der Waals surface area contributed by atoms with Gasteiger partial charge < -0.3 is 5.11 Å². The van der Waals surface area contributed by atoms with Crippen LogP contribution in [0.4, 0.5) is 0 Å². The van der Waals surface area contributed by atoms with E-state index in [0.717, 1.165) is 22.4 Å². The van der Waals surface area contributed by atoms with Gasteiger partial charge in [0.2, 0.25) is 0 Å². The Labute approximate surface area is 104 Å². The van der Waals surface area contributed by atoms with Crippen LogP contribution in [-0.2, 0) is 6.42 Å². The number of hydrogen-bond acceptors (Lipinski definition) is 2. The SMILES string of the molecule is CCCSCC(O)Cc1cccc(Br)c1. The van der Waals surface area contributed by atoms with E-state index in [1.165, 1.54) is 12.0 Å². The van der Waals surface area contributed by atoms with Crippen LogP contribution in [0.3, 0.4) is 0 Å². The van der Waals surface area contributed by atoms with Crippen LogP contribution in [-0.4, -0.2) is 22.7 Å². The molecule has 0 saturated heterocycles. The predicted octanol–water partition coefficient (Wildman–Crippen LogP) is 3.50. The minimum absolute atomic E-state index is 0.226. The molecule has 0 spiro atoms. The molecule has 3 heteroatoms. The van der Waals surface area contributed by atoms with Crippen molar-refractivity contribution in [2.75, 3.05) is 11.5 Å². The van der Waals surface area contributed by atoms with E-state index >= 15 is 0 Å². The van der Waals surface area contributed by atoms with Crippen LogP contribution < -0.4 is 0 Å². The van der Waals surface area contributed by atoms with Gasteiger partial charge in [-0.15, -0.1) is 0 Å². The van der Waals surface area contributed by atoms with Crippen molar-refractivity contribution in [3.05, 3.63) is 34.3 Å².